The number of nitrogens with two attached hydrogens (primary N) is 1. The maximum absolute atomic E-state index is 11.3. The van der Waals surface area contributed by atoms with E-state index in [0.29, 0.717) is 19.5 Å². The van der Waals surface area contributed by atoms with Gasteiger partial charge in [-0.15, -0.1) is 0 Å². The van der Waals surface area contributed by atoms with Crippen LogP contribution in [0.2, 0.25) is 0 Å². The lowest BCUT2D eigenvalue weighted by Crippen LogP contribution is -2.49. The van der Waals surface area contributed by atoms with E-state index < -0.39 is 0 Å². The molecule has 0 spiro atoms. The molecule has 0 bridgehead atoms. The molecule has 1 rings (SSSR count). The first kappa shape index (κ1) is 10.9. The van der Waals surface area contributed by atoms with Crippen molar-refractivity contribution < 1.29 is 9.59 Å². The fourth-order valence-corrected chi connectivity index (χ4v) is 1.33. The third-order valence-electron chi connectivity index (χ3n) is 2.35. The Balaban J connectivity index is 2.26. The van der Waals surface area contributed by atoms with Crippen LogP contribution in [0.4, 0.5) is 0 Å². The Morgan fingerprint density at radius 2 is 2.29 bits per heavy atom. The van der Waals surface area contributed by atoms with E-state index in [4.69, 9.17) is 5.84 Å². The number of hydrogen-bond acceptors (Lipinski definition) is 4. The van der Waals surface area contributed by atoms with Crippen LogP contribution in [-0.2, 0) is 9.59 Å². The lowest BCUT2D eigenvalue weighted by atomic mass is 10.3. The van der Waals surface area contributed by atoms with E-state index in [1.54, 1.807) is 11.9 Å². The molecule has 1 aliphatic rings. The zero-order valence-electron chi connectivity index (χ0n) is 8.32. The van der Waals surface area contributed by atoms with Crippen molar-refractivity contribution in [1.82, 2.24) is 15.2 Å². The first-order valence-corrected chi connectivity index (χ1v) is 4.59. The minimum Gasteiger partial charge on any atom is -0.343 e. The number of carbonyl (C=O) groups is 2. The molecule has 6 nitrogen and oxygen atoms in total. The topological polar surface area (TPSA) is 78.7 Å². The Labute approximate surface area is 83.0 Å². The molecule has 1 fully saturated rings. The van der Waals surface area contributed by atoms with Gasteiger partial charge in [-0.1, -0.05) is 0 Å². The van der Waals surface area contributed by atoms with Crippen LogP contribution in [0, 0.1) is 0 Å². The fraction of sp³-hybridized carbons (Fsp3) is 0.750. The molecule has 1 saturated heterocycles. The van der Waals surface area contributed by atoms with Gasteiger partial charge in [0.2, 0.25) is 11.8 Å². The van der Waals surface area contributed by atoms with E-state index >= 15 is 0 Å². The standard InChI is InChI=1S/C8H16N4O2/c1-11-4-5-12(6-8(11)14)3-2-7(13)10-9/h2-6,9H2,1H3,(H,10,13). The Bertz CT molecular complexity index is 231. The van der Waals surface area contributed by atoms with Gasteiger partial charge in [0, 0.05) is 33.1 Å². The number of hydrogen-bond donors (Lipinski definition) is 2. The van der Waals surface area contributed by atoms with Gasteiger partial charge in [0.15, 0.2) is 0 Å². The van der Waals surface area contributed by atoms with Crippen molar-refractivity contribution in [1.29, 1.82) is 0 Å². The molecule has 6 heteroatoms. The first-order chi connectivity index (χ1) is 6.63. The minimum absolute atomic E-state index is 0.101. The molecule has 0 aliphatic carbocycles. The van der Waals surface area contributed by atoms with Gasteiger partial charge >= 0.3 is 0 Å². The highest BCUT2D eigenvalue weighted by molar-refractivity contribution is 5.79. The van der Waals surface area contributed by atoms with Crippen molar-refractivity contribution in [2.45, 2.75) is 6.42 Å². The average Bonchev–Trinajstić information content (AvgIpc) is 2.19. The molecule has 1 heterocycles. The zero-order valence-corrected chi connectivity index (χ0v) is 8.32. The predicted molar refractivity (Wildman–Crippen MR) is 51.0 cm³/mol. The van der Waals surface area contributed by atoms with Crippen LogP contribution in [-0.4, -0.2) is 54.8 Å². The summed E-state index contributed by atoms with van der Waals surface area (Å²) in [4.78, 5) is 25.8. The summed E-state index contributed by atoms with van der Waals surface area (Å²) < 4.78 is 0. The Kier molecular flexibility index (Phi) is 3.84. The smallest absolute Gasteiger partial charge is 0.236 e. The molecule has 0 aromatic rings. The summed E-state index contributed by atoms with van der Waals surface area (Å²) in [5, 5.41) is 0. The molecule has 3 N–H and O–H groups in total. The number of nitrogens with zero attached hydrogens (tertiary/aromatic N) is 2. The Morgan fingerprint density at radius 1 is 1.57 bits per heavy atom. The van der Waals surface area contributed by atoms with Crippen LogP contribution in [0.3, 0.4) is 0 Å². The first-order valence-electron chi connectivity index (χ1n) is 4.59. The highest BCUT2D eigenvalue weighted by Crippen LogP contribution is 2.01. The lowest BCUT2D eigenvalue weighted by molar-refractivity contribution is -0.135. The molecule has 2 amide bonds. The van der Waals surface area contributed by atoms with Gasteiger partial charge < -0.3 is 4.90 Å². The third-order valence-corrected chi connectivity index (χ3v) is 2.35. The summed E-state index contributed by atoms with van der Waals surface area (Å²) >= 11 is 0. The molecular formula is C8H16N4O2. The molecule has 0 unspecified atom stereocenters. The maximum Gasteiger partial charge on any atom is 0.236 e. The monoisotopic (exact) mass is 200 g/mol. The molecule has 0 saturated carbocycles. The van der Waals surface area contributed by atoms with E-state index in [9.17, 15) is 9.59 Å². The number of piperazine rings is 1. The molecule has 1 aliphatic heterocycles. The van der Waals surface area contributed by atoms with Crippen molar-refractivity contribution >= 4 is 11.8 Å². The van der Waals surface area contributed by atoms with Gasteiger partial charge in [0.1, 0.15) is 0 Å². The van der Waals surface area contributed by atoms with Gasteiger partial charge in [-0.05, 0) is 0 Å². The van der Waals surface area contributed by atoms with Gasteiger partial charge in [0.05, 0.1) is 6.54 Å². The van der Waals surface area contributed by atoms with Crippen LogP contribution >= 0.6 is 0 Å². The zero-order chi connectivity index (χ0) is 10.6. The normalized spacial score (nSPS) is 18.4. The van der Waals surface area contributed by atoms with E-state index in [-0.39, 0.29) is 11.8 Å². The largest absolute Gasteiger partial charge is 0.343 e. The van der Waals surface area contributed by atoms with Crippen molar-refractivity contribution in [2.75, 3.05) is 33.2 Å². The van der Waals surface area contributed by atoms with Crippen molar-refractivity contribution in [2.24, 2.45) is 5.84 Å². The molecule has 0 atom stereocenters. The minimum atomic E-state index is -0.198. The van der Waals surface area contributed by atoms with Crippen LogP contribution < -0.4 is 11.3 Å². The fourth-order valence-electron chi connectivity index (χ4n) is 1.33. The SMILES string of the molecule is CN1CCN(CCC(=O)NN)CC1=O. The summed E-state index contributed by atoms with van der Waals surface area (Å²) in [6, 6.07) is 0. The molecule has 0 aromatic carbocycles. The van der Waals surface area contributed by atoms with Crippen LogP contribution in [0.15, 0.2) is 0 Å². The second kappa shape index (κ2) is 4.92. The highest BCUT2D eigenvalue weighted by Gasteiger charge is 2.20. The average molecular weight is 200 g/mol. The van der Waals surface area contributed by atoms with Crippen LogP contribution in [0.1, 0.15) is 6.42 Å². The lowest BCUT2D eigenvalue weighted by Gasteiger charge is -2.31. The predicted octanol–water partition coefficient (Wildman–Crippen LogP) is -1.86. The van der Waals surface area contributed by atoms with Gasteiger partial charge in [0.25, 0.3) is 0 Å². The van der Waals surface area contributed by atoms with E-state index in [1.165, 1.54) is 0 Å². The van der Waals surface area contributed by atoms with E-state index in [1.807, 2.05) is 4.90 Å². The summed E-state index contributed by atoms with van der Waals surface area (Å²) in [6.07, 6.45) is 0.341. The number of hydrazine groups is 1. The van der Waals surface area contributed by atoms with Crippen molar-refractivity contribution in [3.63, 3.8) is 0 Å². The number of carbonyl (C=O) groups excluding carboxylic acids is 2. The third kappa shape index (κ3) is 2.97. The maximum atomic E-state index is 11.3. The molecular weight excluding hydrogens is 184 g/mol. The summed E-state index contributed by atoms with van der Waals surface area (Å²) in [6.45, 7) is 2.53. The second-order valence-corrected chi connectivity index (χ2v) is 3.41. The van der Waals surface area contributed by atoms with Gasteiger partial charge in [-0.2, -0.15) is 0 Å². The molecule has 14 heavy (non-hydrogen) atoms. The Hall–Kier alpha value is -1.14. The van der Waals surface area contributed by atoms with Crippen molar-refractivity contribution in [3.8, 4) is 0 Å². The Morgan fingerprint density at radius 3 is 2.86 bits per heavy atom. The number of likely N-dealkylation sites (N-methyl/N-ethyl adjacent to an activating group) is 1. The number of rotatable bonds is 3. The van der Waals surface area contributed by atoms with Crippen LogP contribution in [0.25, 0.3) is 0 Å². The quantitative estimate of drug-likeness (QED) is 0.318. The molecule has 0 radical (unpaired) electrons. The van der Waals surface area contributed by atoms with Crippen LogP contribution in [0.5, 0.6) is 0 Å². The van der Waals surface area contributed by atoms with E-state index in [0.717, 1.165) is 13.1 Å². The second-order valence-electron chi connectivity index (χ2n) is 3.41. The summed E-state index contributed by atoms with van der Waals surface area (Å²) in [7, 11) is 1.78. The summed E-state index contributed by atoms with van der Waals surface area (Å²) in [5.41, 5.74) is 2.06. The number of amides is 2. The highest BCUT2D eigenvalue weighted by atomic mass is 16.2. The molecule has 80 valence electrons. The summed E-state index contributed by atoms with van der Waals surface area (Å²) in [5.74, 6) is 4.85. The molecule has 0 aromatic heterocycles. The number of nitrogens with one attached hydrogen (secondary N) is 1. The van der Waals surface area contributed by atoms with Gasteiger partial charge in [-0.3, -0.25) is 19.9 Å². The van der Waals surface area contributed by atoms with Gasteiger partial charge in [-0.25, -0.2) is 5.84 Å². The van der Waals surface area contributed by atoms with E-state index in [2.05, 4.69) is 5.43 Å². The van der Waals surface area contributed by atoms with Crippen molar-refractivity contribution in [3.05, 3.63) is 0 Å².